The van der Waals surface area contributed by atoms with Crippen LogP contribution in [0.3, 0.4) is 0 Å². The second-order valence-corrected chi connectivity index (χ2v) is 13.1. The van der Waals surface area contributed by atoms with Crippen LogP contribution in [0.1, 0.15) is 83.2 Å². The summed E-state index contributed by atoms with van der Waals surface area (Å²) in [6.45, 7) is 7.93. The molecule has 1 atom stereocenters. The summed E-state index contributed by atoms with van der Waals surface area (Å²) in [5.41, 5.74) is 10.0. The van der Waals surface area contributed by atoms with Crippen molar-refractivity contribution in [3.05, 3.63) is 65.5 Å². The molecule has 262 valence electrons. The molecule has 0 aliphatic carbocycles. The molecule has 0 saturated heterocycles. The van der Waals surface area contributed by atoms with Crippen LogP contribution in [0.4, 0.5) is 10.6 Å². The fraction of sp³-hybridized carbons (Fsp3) is 0.444. The molecule has 0 radical (unpaired) electrons. The maximum Gasteiger partial charge on any atom is 0.407 e. The van der Waals surface area contributed by atoms with Gasteiger partial charge in [0.2, 0.25) is 11.8 Å². The summed E-state index contributed by atoms with van der Waals surface area (Å²) in [7, 11) is 0. The average Bonchev–Trinajstić information content (AvgIpc) is 3.41. The topological polar surface area (TPSA) is 200 Å². The van der Waals surface area contributed by atoms with Crippen LogP contribution in [0.2, 0.25) is 0 Å². The van der Waals surface area contributed by atoms with Crippen molar-refractivity contribution < 1.29 is 24.2 Å². The third-order valence-electron chi connectivity index (χ3n) is 7.83. The number of nitrogens with two attached hydrogens (primary N) is 1. The van der Waals surface area contributed by atoms with Crippen molar-refractivity contribution in [2.45, 2.75) is 97.4 Å². The number of unbranched alkanes of at least 4 members (excludes halogenated alkanes) is 2. The number of para-hydroxylation sites is 1. The maximum absolute atomic E-state index is 13.2. The SMILES string of the molecule is CCCCc1nc2c(N)nc3ccccc3c2n1Cc1ccc(CNC(=O)[C@H](CNC(=O)OC(C)(C)C)NC(=O)CCCCC(=N)[O-])cc1. The molecule has 2 heterocycles. The lowest BCUT2D eigenvalue weighted by Crippen LogP contribution is -2.52. The number of alkyl carbamates (subject to hydrolysis) is 1. The van der Waals surface area contributed by atoms with Gasteiger partial charge in [-0.2, -0.15) is 0 Å². The molecular weight excluding hydrogens is 624 g/mol. The van der Waals surface area contributed by atoms with Crippen molar-refractivity contribution in [2.75, 3.05) is 12.3 Å². The number of benzene rings is 2. The first-order valence-corrected chi connectivity index (χ1v) is 16.7. The molecule has 0 bridgehead atoms. The first-order valence-electron chi connectivity index (χ1n) is 16.7. The Labute approximate surface area is 286 Å². The largest absolute Gasteiger partial charge is 0.862 e. The summed E-state index contributed by atoms with van der Waals surface area (Å²) < 4.78 is 7.49. The molecule has 6 N–H and O–H groups in total. The van der Waals surface area contributed by atoms with Crippen molar-refractivity contribution in [1.29, 1.82) is 5.41 Å². The molecule has 4 rings (SSSR count). The molecule has 4 aromatic rings. The summed E-state index contributed by atoms with van der Waals surface area (Å²) in [6, 6.07) is 14.8. The Morgan fingerprint density at radius 3 is 2.37 bits per heavy atom. The zero-order chi connectivity index (χ0) is 35.6. The molecule has 0 fully saturated rings. The van der Waals surface area contributed by atoms with Gasteiger partial charge >= 0.3 is 6.09 Å². The summed E-state index contributed by atoms with van der Waals surface area (Å²) in [6.07, 6.45) is 3.08. The van der Waals surface area contributed by atoms with Gasteiger partial charge in [-0.25, -0.2) is 14.8 Å². The van der Waals surface area contributed by atoms with Gasteiger partial charge in [-0.3, -0.25) is 9.59 Å². The minimum Gasteiger partial charge on any atom is -0.862 e. The van der Waals surface area contributed by atoms with E-state index in [0.717, 1.165) is 52.6 Å². The number of imidazole rings is 1. The van der Waals surface area contributed by atoms with E-state index in [0.29, 0.717) is 30.7 Å². The number of ether oxygens (including phenoxy) is 1. The first-order chi connectivity index (χ1) is 23.3. The number of aromatic nitrogens is 3. The number of pyridine rings is 1. The second-order valence-electron chi connectivity index (χ2n) is 13.1. The lowest BCUT2D eigenvalue weighted by Gasteiger charge is -2.22. The highest BCUT2D eigenvalue weighted by atomic mass is 16.6. The fourth-order valence-corrected chi connectivity index (χ4v) is 5.40. The normalized spacial score (nSPS) is 12.1. The van der Waals surface area contributed by atoms with Crippen molar-refractivity contribution in [3.8, 4) is 0 Å². The number of nitrogens with zero attached hydrogens (tertiary/aromatic N) is 3. The van der Waals surface area contributed by atoms with Crippen LogP contribution >= 0.6 is 0 Å². The molecule has 13 nitrogen and oxygen atoms in total. The summed E-state index contributed by atoms with van der Waals surface area (Å²) >= 11 is 0. The van der Waals surface area contributed by atoms with Crippen LogP contribution in [0.25, 0.3) is 21.9 Å². The second kappa shape index (κ2) is 16.8. The van der Waals surface area contributed by atoms with Crippen LogP contribution < -0.4 is 26.8 Å². The van der Waals surface area contributed by atoms with E-state index in [1.807, 2.05) is 48.5 Å². The van der Waals surface area contributed by atoms with Gasteiger partial charge in [0, 0.05) is 31.3 Å². The third-order valence-corrected chi connectivity index (χ3v) is 7.83. The summed E-state index contributed by atoms with van der Waals surface area (Å²) in [5, 5.41) is 27.0. The van der Waals surface area contributed by atoms with E-state index in [1.165, 1.54) is 0 Å². The van der Waals surface area contributed by atoms with Crippen molar-refractivity contribution in [2.24, 2.45) is 0 Å². The number of hydrogen-bond acceptors (Lipinski definition) is 9. The third kappa shape index (κ3) is 10.6. The number of fused-ring (bicyclic) bond motifs is 3. The monoisotopic (exact) mass is 671 g/mol. The number of nitrogens with one attached hydrogen (secondary N) is 4. The number of carbonyl (C=O) groups is 3. The molecule has 49 heavy (non-hydrogen) atoms. The molecule has 0 unspecified atom stereocenters. The number of amides is 3. The van der Waals surface area contributed by atoms with E-state index in [4.69, 9.17) is 20.9 Å². The number of hydrogen-bond donors (Lipinski definition) is 5. The molecule has 0 saturated carbocycles. The van der Waals surface area contributed by atoms with Gasteiger partial charge in [-0.1, -0.05) is 55.8 Å². The Balaban J connectivity index is 1.44. The smallest absolute Gasteiger partial charge is 0.407 e. The molecule has 13 heteroatoms. The summed E-state index contributed by atoms with van der Waals surface area (Å²) in [4.78, 5) is 47.6. The van der Waals surface area contributed by atoms with E-state index >= 15 is 0 Å². The van der Waals surface area contributed by atoms with Crippen molar-refractivity contribution in [1.82, 2.24) is 30.5 Å². The predicted molar refractivity (Wildman–Crippen MR) is 188 cm³/mol. The van der Waals surface area contributed by atoms with E-state index in [1.54, 1.807) is 20.8 Å². The Kier molecular flexibility index (Phi) is 12.5. The van der Waals surface area contributed by atoms with Crippen LogP contribution in [0.5, 0.6) is 0 Å². The molecule has 0 spiro atoms. The van der Waals surface area contributed by atoms with E-state index in [2.05, 4.69) is 32.4 Å². The van der Waals surface area contributed by atoms with Crippen LogP contribution in [0.15, 0.2) is 48.5 Å². The minimum atomic E-state index is -1.05. The highest BCUT2D eigenvalue weighted by Gasteiger charge is 2.23. The van der Waals surface area contributed by atoms with E-state index in [-0.39, 0.29) is 25.9 Å². The van der Waals surface area contributed by atoms with Crippen LogP contribution in [-0.2, 0) is 33.8 Å². The molecule has 0 aliphatic heterocycles. The molecule has 0 aliphatic rings. The number of carbonyl (C=O) groups excluding carboxylic acids is 3. The zero-order valence-electron chi connectivity index (χ0n) is 28.7. The molecule has 2 aromatic heterocycles. The number of aryl methyl sites for hydroxylation is 1. The number of rotatable bonds is 16. The predicted octanol–water partition coefficient (Wildman–Crippen LogP) is 4.08. The standard InChI is InChI=1S/C36H48N8O5/c1-5-6-14-29-43-31-32(25-11-7-8-12-26(25)42-33(31)38)44(29)22-24-18-16-23(17-19-24)20-39-34(47)27(21-40-35(48)49-36(2,3)4)41-30(46)15-10-9-13-28(37)45/h7-8,11-12,16-19,27H,5-6,9-10,13-15,20-22H2,1-4H3,(H2,37,45)(H2,38,42)(H,39,47)(H,40,48)(H,41,46)/p-1/t27-/m0/s1. The van der Waals surface area contributed by atoms with Crippen molar-refractivity contribution >= 4 is 51.6 Å². The highest BCUT2D eigenvalue weighted by Crippen LogP contribution is 2.30. The van der Waals surface area contributed by atoms with Crippen molar-refractivity contribution in [3.63, 3.8) is 0 Å². The Morgan fingerprint density at radius 2 is 1.67 bits per heavy atom. The Morgan fingerprint density at radius 1 is 0.980 bits per heavy atom. The number of nitrogen functional groups attached to an aromatic ring is 1. The van der Waals surface area contributed by atoms with E-state index in [9.17, 15) is 19.5 Å². The van der Waals surface area contributed by atoms with E-state index < -0.39 is 35.4 Å². The van der Waals surface area contributed by atoms with Gasteiger partial charge in [-0.05, 0) is 69.5 Å². The van der Waals surface area contributed by atoms with Gasteiger partial charge in [0.15, 0.2) is 5.82 Å². The van der Waals surface area contributed by atoms with Gasteiger partial charge in [0.1, 0.15) is 23.0 Å². The lowest BCUT2D eigenvalue weighted by atomic mass is 10.1. The molecule has 2 aromatic carbocycles. The number of anilines is 1. The first kappa shape index (κ1) is 36.6. The van der Waals surface area contributed by atoms with Crippen LogP contribution in [-0.4, -0.2) is 56.5 Å². The van der Waals surface area contributed by atoms with Gasteiger partial charge in [0.05, 0.1) is 17.6 Å². The quantitative estimate of drug-likeness (QED) is 0.0666. The maximum atomic E-state index is 13.2. The highest BCUT2D eigenvalue weighted by molar-refractivity contribution is 6.06. The van der Waals surface area contributed by atoms with Crippen LogP contribution in [0, 0.1) is 5.41 Å². The Bertz CT molecular complexity index is 1780. The molecule has 3 amide bonds. The zero-order valence-corrected chi connectivity index (χ0v) is 28.7. The Hall–Kier alpha value is -5.20. The fourth-order valence-electron chi connectivity index (χ4n) is 5.40. The average molecular weight is 672 g/mol. The molecular formula is C36H47N8O5-. The van der Waals surface area contributed by atoms with Gasteiger partial charge in [0.25, 0.3) is 0 Å². The lowest BCUT2D eigenvalue weighted by molar-refractivity contribution is -0.220. The van der Waals surface area contributed by atoms with Gasteiger partial charge in [-0.15, -0.1) is 0 Å². The summed E-state index contributed by atoms with van der Waals surface area (Å²) in [5.74, 6) is -0.193. The van der Waals surface area contributed by atoms with Gasteiger partial charge < -0.3 is 41.5 Å². The minimum absolute atomic E-state index is 0.0676.